The molecule has 0 unspecified atom stereocenters. The number of ether oxygens (including phenoxy) is 2. The number of esters is 1. The monoisotopic (exact) mass is 420 g/mol. The first kappa shape index (κ1) is 22.4. The highest BCUT2D eigenvalue weighted by molar-refractivity contribution is 5.84. The van der Waals surface area contributed by atoms with Crippen molar-refractivity contribution in [3.05, 3.63) is 65.7 Å². The Morgan fingerprint density at radius 3 is 2.29 bits per heavy atom. The Bertz CT molecular complexity index is 913. The number of benzene rings is 2. The van der Waals surface area contributed by atoms with Crippen molar-refractivity contribution < 1.29 is 19.1 Å². The Hall–Kier alpha value is -3.33. The minimum Gasteiger partial charge on any atom is -0.479 e. The van der Waals surface area contributed by atoms with Gasteiger partial charge in [0, 0.05) is 13.1 Å². The zero-order valence-electron chi connectivity index (χ0n) is 18.0. The minimum absolute atomic E-state index is 0.169. The number of piperidine rings is 1. The quantitative estimate of drug-likeness (QED) is 0.638. The zero-order valence-corrected chi connectivity index (χ0v) is 18.0. The standard InChI is InChI=1S/C25H28N2O4/c1-18(31-25(29)19(2)30-23-10-8-22(17-26)9-11-23)24(28)27-14-12-21(13-15-27)16-20-6-4-3-5-7-20/h3-11,18-19,21H,12-16H2,1-2H3/t18-,19+/m0/s1. The maximum absolute atomic E-state index is 12.7. The van der Waals surface area contributed by atoms with Crippen LogP contribution in [0.1, 0.15) is 37.8 Å². The normalized spacial score (nSPS) is 16.1. The van der Waals surface area contributed by atoms with E-state index in [9.17, 15) is 9.59 Å². The van der Waals surface area contributed by atoms with Crippen molar-refractivity contribution >= 4 is 11.9 Å². The largest absolute Gasteiger partial charge is 0.479 e. The summed E-state index contributed by atoms with van der Waals surface area (Å²) in [5, 5.41) is 8.84. The molecule has 3 rings (SSSR count). The smallest absolute Gasteiger partial charge is 0.347 e. The average Bonchev–Trinajstić information content (AvgIpc) is 2.80. The van der Waals surface area contributed by atoms with Gasteiger partial charge in [0.25, 0.3) is 5.91 Å². The molecule has 162 valence electrons. The summed E-state index contributed by atoms with van der Waals surface area (Å²) >= 11 is 0. The molecule has 2 aromatic rings. The molecule has 6 nitrogen and oxygen atoms in total. The van der Waals surface area contributed by atoms with Gasteiger partial charge in [-0.3, -0.25) is 4.79 Å². The second kappa shape index (κ2) is 10.6. The molecule has 0 saturated carbocycles. The summed E-state index contributed by atoms with van der Waals surface area (Å²) in [5.41, 5.74) is 1.83. The lowest BCUT2D eigenvalue weighted by Gasteiger charge is -2.33. The topological polar surface area (TPSA) is 79.6 Å². The molecule has 0 N–H and O–H groups in total. The first-order chi connectivity index (χ1) is 15.0. The summed E-state index contributed by atoms with van der Waals surface area (Å²) in [7, 11) is 0. The highest BCUT2D eigenvalue weighted by Gasteiger charge is 2.29. The molecule has 0 spiro atoms. The molecule has 1 amide bonds. The van der Waals surface area contributed by atoms with Crippen molar-refractivity contribution in [2.24, 2.45) is 5.92 Å². The van der Waals surface area contributed by atoms with Crippen molar-refractivity contribution in [3.63, 3.8) is 0 Å². The first-order valence-electron chi connectivity index (χ1n) is 10.7. The summed E-state index contributed by atoms with van der Waals surface area (Å²) in [5.74, 6) is 0.259. The Morgan fingerprint density at radius 2 is 1.68 bits per heavy atom. The fourth-order valence-electron chi connectivity index (χ4n) is 3.74. The molecular weight excluding hydrogens is 392 g/mol. The van der Waals surface area contributed by atoms with E-state index >= 15 is 0 Å². The summed E-state index contributed by atoms with van der Waals surface area (Å²) < 4.78 is 10.9. The average molecular weight is 421 g/mol. The van der Waals surface area contributed by atoms with Gasteiger partial charge in [-0.1, -0.05) is 30.3 Å². The number of nitrogens with zero attached hydrogens (tertiary/aromatic N) is 2. The van der Waals surface area contributed by atoms with Crippen LogP contribution in [0.5, 0.6) is 5.75 Å². The number of hydrogen-bond acceptors (Lipinski definition) is 5. The van der Waals surface area contributed by atoms with Crippen molar-refractivity contribution in [1.82, 2.24) is 4.90 Å². The van der Waals surface area contributed by atoms with E-state index in [0.717, 1.165) is 19.3 Å². The van der Waals surface area contributed by atoms with E-state index in [1.165, 1.54) is 5.56 Å². The zero-order chi connectivity index (χ0) is 22.2. The van der Waals surface area contributed by atoms with E-state index < -0.39 is 18.2 Å². The summed E-state index contributed by atoms with van der Waals surface area (Å²) in [6, 6.07) is 18.9. The molecule has 1 saturated heterocycles. The van der Waals surface area contributed by atoms with Crippen LogP contribution in [-0.4, -0.2) is 42.1 Å². The van der Waals surface area contributed by atoms with E-state index in [2.05, 4.69) is 24.3 Å². The maximum Gasteiger partial charge on any atom is 0.347 e. The van der Waals surface area contributed by atoms with Crippen LogP contribution >= 0.6 is 0 Å². The highest BCUT2D eigenvalue weighted by Crippen LogP contribution is 2.22. The second-order valence-corrected chi connectivity index (χ2v) is 7.93. The lowest BCUT2D eigenvalue weighted by atomic mass is 9.90. The lowest BCUT2D eigenvalue weighted by molar-refractivity contribution is -0.164. The molecule has 1 fully saturated rings. The van der Waals surface area contributed by atoms with Gasteiger partial charge in [-0.05, 0) is 68.9 Å². The molecule has 1 aliphatic heterocycles. The fraction of sp³-hybridized carbons (Fsp3) is 0.400. The SMILES string of the molecule is C[C@H](OC(=O)[C@@H](C)Oc1ccc(C#N)cc1)C(=O)N1CCC(Cc2ccccc2)CC1. The Kier molecular flexibility index (Phi) is 7.66. The summed E-state index contributed by atoms with van der Waals surface area (Å²) in [4.78, 5) is 26.9. The van der Waals surface area contributed by atoms with Crippen molar-refractivity contribution in [1.29, 1.82) is 5.26 Å². The summed E-state index contributed by atoms with van der Waals surface area (Å²) in [6.07, 6.45) is 1.20. The van der Waals surface area contributed by atoms with Crippen molar-refractivity contribution in [3.8, 4) is 11.8 Å². The molecular formula is C25H28N2O4. The molecule has 2 aromatic carbocycles. The number of nitriles is 1. The number of hydrogen-bond donors (Lipinski definition) is 0. The maximum atomic E-state index is 12.7. The van der Waals surface area contributed by atoms with Crippen LogP contribution in [0, 0.1) is 17.2 Å². The third kappa shape index (κ3) is 6.32. The number of carbonyl (C=O) groups excluding carboxylic acids is 2. The Labute approximate surface area is 183 Å². The lowest BCUT2D eigenvalue weighted by Crippen LogP contribution is -2.45. The van der Waals surface area contributed by atoms with Gasteiger partial charge in [0.05, 0.1) is 11.6 Å². The predicted molar refractivity (Wildman–Crippen MR) is 116 cm³/mol. The van der Waals surface area contributed by atoms with Crippen LogP contribution in [0.2, 0.25) is 0 Å². The van der Waals surface area contributed by atoms with Gasteiger partial charge in [0.15, 0.2) is 12.2 Å². The molecule has 0 aromatic heterocycles. The van der Waals surface area contributed by atoms with E-state index in [1.54, 1.807) is 43.0 Å². The molecule has 6 heteroatoms. The van der Waals surface area contributed by atoms with Crippen LogP contribution < -0.4 is 4.74 Å². The number of rotatable bonds is 7. The number of amides is 1. The van der Waals surface area contributed by atoms with E-state index in [-0.39, 0.29) is 5.91 Å². The predicted octanol–water partition coefficient (Wildman–Crippen LogP) is 3.74. The molecule has 31 heavy (non-hydrogen) atoms. The highest BCUT2D eigenvalue weighted by atomic mass is 16.6. The van der Waals surface area contributed by atoms with E-state index in [0.29, 0.717) is 30.3 Å². The molecule has 1 aliphatic rings. The van der Waals surface area contributed by atoms with Gasteiger partial charge in [-0.15, -0.1) is 0 Å². The van der Waals surface area contributed by atoms with Crippen LogP contribution in [0.25, 0.3) is 0 Å². The summed E-state index contributed by atoms with van der Waals surface area (Å²) in [6.45, 7) is 4.53. The van der Waals surface area contributed by atoms with Gasteiger partial charge in [-0.25, -0.2) is 4.79 Å². The number of likely N-dealkylation sites (tertiary alicyclic amines) is 1. The van der Waals surface area contributed by atoms with E-state index in [4.69, 9.17) is 14.7 Å². The van der Waals surface area contributed by atoms with Crippen LogP contribution in [0.3, 0.4) is 0 Å². The van der Waals surface area contributed by atoms with Crippen LogP contribution in [0.4, 0.5) is 0 Å². The van der Waals surface area contributed by atoms with Gasteiger partial charge in [-0.2, -0.15) is 5.26 Å². The van der Waals surface area contributed by atoms with Crippen LogP contribution in [0.15, 0.2) is 54.6 Å². The molecule has 0 bridgehead atoms. The third-order valence-corrected chi connectivity index (χ3v) is 5.56. The molecule has 2 atom stereocenters. The minimum atomic E-state index is -0.861. The Morgan fingerprint density at radius 1 is 1.03 bits per heavy atom. The van der Waals surface area contributed by atoms with Gasteiger partial charge in [0.2, 0.25) is 0 Å². The van der Waals surface area contributed by atoms with Gasteiger partial charge in [0.1, 0.15) is 5.75 Å². The van der Waals surface area contributed by atoms with Crippen molar-refractivity contribution in [2.75, 3.05) is 13.1 Å². The first-order valence-corrected chi connectivity index (χ1v) is 10.7. The molecule has 0 aliphatic carbocycles. The Balaban J connectivity index is 1.44. The molecule has 0 radical (unpaired) electrons. The van der Waals surface area contributed by atoms with E-state index in [1.807, 2.05) is 12.1 Å². The third-order valence-electron chi connectivity index (χ3n) is 5.56. The van der Waals surface area contributed by atoms with Gasteiger partial charge < -0.3 is 14.4 Å². The number of carbonyl (C=O) groups is 2. The fourth-order valence-corrected chi connectivity index (χ4v) is 3.74. The second-order valence-electron chi connectivity index (χ2n) is 7.93. The van der Waals surface area contributed by atoms with Gasteiger partial charge >= 0.3 is 5.97 Å². The van der Waals surface area contributed by atoms with Crippen LogP contribution in [-0.2, 0) is 20.7 Å². The molecule has 1 heterocycles. The van der Waals surface area contributed by atoms with Crippen molar-refractivity contribution in [2.45, 2.75) is 45.3 Å².